The number of nitrogens with zero attached hydrogens (tertiary/aromatic N) is 2. The van der Waals surface area contributed by atoms with E-state index in [9.17, 15) is 14.3 Å². The number of aromatic amines is 1. The number of H-pyrrole nitrogens is 1. The quantitative estimate of drug-likeness (QED) is 0.700. The van der Waals surface area contributed by atoms with Crippen LogP contribution in [-0.4, -0.2) is 26.2 Å². The molecule has 0 saturated heterocycles. The van der Waals surface area contributed by atoms with Crippen LogP contribution in [0.2, 0.25) is 0 Å². The molecule has 116 valence electrons. The molecule has 2 aromatic heterocycles. The van der Waals surface area contributed by atoms with E-state index in [1.165, 1.54) is 30.5 Å². The Morgan fingerprint density at radius 2 is 2.09 bits per heavy atom. The molecule has 0 aliphatic rings. The van der Waals surface area contributed by atoms with Crippen LogP contribution < -0.4 is 0 Å². The molecule has 1 atom stereocenters. The van der Waals surface area contributed by atoms with Gasteiger partial charge in [-0.3, -0.25) is 5.10 Å². The van der Waals surface area contributed by atoms with Crippen molar-refractivity contribution in [2.24, 2.45) is 0 Å². The molecule has 1 unspecified atom stereocenters. The first-order valence-electron chi connectivity index (χ1n) is 6.76. The number of rotatable bonds is 5. The molecule has 2 heterocycles. The smallest absolute Gasteiger partial charge is 0.213 e. The number of carbonyl (C=O) groups excluding carboxylic acids is 1. The number of halogens is 1. The number of benzene rings is 1. The van der Waals surface area contributed by atoms with E-state index in [-0.39, 0.29) is 17.4 Å². The van der Waals surface area contributed by atoms with Gasteiger partial charge in [0.15, 0.2) is 5.82 Å². The maximum Gasteiger partial charge on any atom is 0.213 e. The van der Waals surface area contributed by atoms with Crippen LogP contribution in [0.5, 0.6) is 0 Å². The Morgan fingerprint density at radius 1 is 1.30 bits per heavy atom. The van der Waals surface area contributed by atoms with Crippen molar-refractivity contribution in [3.05, 3.63) is 77.5 Å². The molecule has 6 nitrogen and oxygen atoms in total. The first-order chi connectivity index (χ1) is 11.1. The molecular weight excluding hydrogens is 301 g/mol. The predicted octanol–water partition coefficient (Wildman–Crippen LogP) is 1.75. The van der Waals surface area contributed by atoms with E-state index in [2.05, 4.69) is 15.2 Å². The van der Waals surface area contributed by atoms with Crippen LogP contribution in [-0.2, 0) is 16.8 Å². The number of nitrogens with one attached hydrogen (secondary N) is 1. The summed E-state index contributed by atoms with van der Waals surface area (Å²) in [5.74, 6) is 1.84. The molecule has 7 heteroatoms. The second kappa shape index (κ2) is 6.00. The highest BCUT2D eigenvalue weighted by Crippen LogP contribution is 2.29. The molecule has 0 radical (unpaired) electrons. The van der Waals surface area contributed by atoms with Crippen molar-refractivity contribution in [2.75, 3.05) is 0 Å². The van der Waals surface area contributed by atoms with Crippen LogP contribution in [0.25, 0.3) is 0 Å². The van der Waals surface area contributed by atoms with Gasteiger partial charge in [-0.05, 0) is 29.8 Å². The first kappa shape index (κ1) is 14.9. The third kappa shape index (κ3) is 2.96. The van der Waals surface area contributed by atoms with Gasteiger partial charge in [0.2, 0.25) is 5.60 Å². The van der Waals surface area contributed by atoms with Crippen molar-refractivity contribution >= 4 is 5.94 Å². The van der Waals surface area contributed by atoms with E-state index in [4.69, 9.17) is 4.42 Å². The maximum absolute atomic E-state index is 12.9. The Labute approximate surface area is 130 Å². The molecule has 0 fully saturated rings. The molecule has 1 aromatic carbocycles. The lowest BCUT2D eigenvalue weighted by Gasteiger charge is -2.16. The Morgan fingerprint density at radius 3 is 2.74 bits per heavy atom. The van der Waals surface area contributed by atoms with Gasteiger partial charge in [0.05, 0.1) is 0 Å². The fraction of sp³-hybridized carbons (Fsp3) is 0.125. The van der Waals surface area contributed by atoms with E-state index in [0.29, 0.717) is 12.2 Å². The Balaban J connectivity index is 1.90. The first-order valence-corrected chi connectivity index (χ1v) is 6.76. The summed E-state index contributed by atoms with van der Waals surface area (Å²) in [5.41, 5.74) is -1.05. The van der Waals surface area contributed by atoms with Crippen LogP contribution in [0.4, 0.5) is 4.39 Å². The zero-order valence-corrected chi connectivity index (χ0v) is 11.9. The summed E-state index contributed by atoms with van der Waals surface area (Å²) < 4.78 is 18.5. The molecular formula is C16H12FN3O3. The molecule has 23 heavy (non-hydrogen) atoms. The largest absolute Gasteiger partial charge is 0.462 e. The molecule has 3 rings (SSSR count). The van der Waals surface area contributed by atoms with Gasteiger partial charge in [-0.25, -0.2) is 14.2 Å². The number of hydrogen-bond donors (Lipinski definition) is 2. The zero-order valence-electron chi connectivity index (χ0n) is 11.9. The van der Waals surface area contributed by atoms with Crippen molar-refractivity contribution < 1.29 is 18.7 Å². The summed E-state index contributed by atoms with van der Waals surface area (Å²) >= 11 is 0. The minimum absolute atomic E-state index is 0.0245. The predicted molar refractivity (Wildman–Crippen MR) is 77.6 cm³/mol. The minimum atomic E-state index is -1.90. The fourth-order valence-corrected chi connectivity index (χ4v) is 2.20. The Kier molecular flexibility index (Phi) is 3.89. The van der Waals surface area contributed by atoms with Crippen LogP contribution in [0.15, 0.2) is 53.2 Å². The van der Waals surface area contributed by atoms with Crippen LogP contribution >= 0.6 is 0 Å². The molecule has 0 spiro atoms. The van der Waals surface area contributed by atoms with E-state index in [0.717, 1.165) is 11.6 Å². The molecule has 2 N–H and O–H groups in total. The summed E-state index contributed by atoms with van der Waals surface area (Å²) in [6.45, 7) is 0. The molecule has 0 aliphatic carbocycles. The van der Waals surface area contributed by atoms with Gasteiger partial charge >= 0.3 is 0 Å². The van der Waals surface area contributed by atoms with Crippen molar-refractivity contribution in [2.45, 2.75) is 12.0 Å². The number of aromatic nitrogens is 3. The summed E-state index contributed by atoms with van der Waals surface area (Å²) in [6.07, 6.45) is 2.58. The van der Waals surface area contributed by atoms with Crippen LogP contribution in [0.1, 0.15) is 22.9 Å². The van der Waals surface area contributed by atoms with E-state index in [1.54, 1.807) is 18.2 Å². The van der Waals surface area contributed by atoms with E-state index in [1.807, 2.05) is 0 Å². The SMILES string of the molecule is O=C=CC(O)(c1nc[nH]n1)c1ccc(Cc2ccc(F)cc2)o1. The highest BCUT2D eigenvalue weighted by atomic mass is 19.1. The third-order valence-corrected chi connectivity index (χ3v) is 3.35. The zero-order chi connectivity index (χ0) is 16.3. The topological polar surface area (TPSA) is 92.0 Å². The van der Waals surface area contributed by atoms with Crippen molar-refractivity contribution in [1.82, 2.24) is 15.2 Å². The lowest BCUT2D eigenvalue weighted by molar-refractivity contribution is 0.0978. The normalized spacial score (nSPS) is 13.3. The summed E-state index contributed by atoms with van der Waals surface area (Å²) in [7, 11) is 0. The number of aliphatic hydroxyl groups is 1. The van der Waals surface area contributed by atoms with Gasteiger partial charge in [-0.2, -0.15) is 5.10 Å². The fourth-order valence-electron chi connectivity index (χ4n) is 2.20. The number of furan rings is 1. The van der Waals surface area contributed by atoms with Gasteiger partial charge in [0.25, 0.3) is 0 Å². The van der Waals surface area contributed by atoms with Gasteiger partial charge in [0, 0.05) is 12.5 Å². The highest BCUT2D eigenvalue weighted by molar-refractivity contribution is 5.51. The Bertz CT molecular complexity index is 836. The Hall–Kier alpha value is -3.02. The number of hydrogen-bond acceptors (Lipinski definition) is 5. The lowest BCUT2D eigenvalue weighted by atomic mass is 10.0. The highest BCUT2D eigenvalue weighted by Gasteiger charge is 2.37. The van der Waals surface area contributed by atoms with Crippen molar-refractivity contribution in [3.63, 3.8) is 0 Å². The van der Waals surface area contributed by atoms with Crippen molar-refractivity contribution in [1.29, 1.82) is 0 Å². The molecule has 3 aromatic rings. The van der Waals surface area contributed by atoms with Crippen LogP contribution in [0, 0.1) is 5.82 Å². The van der Waals surface area contributed by atoms with E-state index >= 15 is 0 Å². The molecule has 0 bridgehead atoms. The second-order valence-corrected chi connectivity index (χ2v) is 4.92. The second-order valence-electron chi connectivity index (χ2n) is 4.92. The summed E-state index contributed by atoms with van der Waals surface area (Å²) in [4.78, 5) is 14.6. The summed E-state index contributed by atoms with van der Waals surface area (Å²) in [6, 6.07) is 9.20. The monoisotopic (exact) mass is 313 g/mol. The van der Waals surface area contributed by atoms with Crippen LogP contribution in [0.3, 0.4) is 0 Å². The molecule has 0 aliphatic heterocycles. The van der Waals surface area contributed by atoms with E-state index < -0.39 is 5.60 Å². The average Bonchev–Trinajstić information content (AvgIpc) is 3.21. The van der Waals surface area contributed by atoms with Gasteiger partial charge in [-0.15, -0.1) is 0 Å². The summed E-state index contributed by atoms with van der Waals surface area (Å²) in [5, 5.41) is 16.9. The minimum Gasteiger partial charge on any atom is -0.462 e. The van der Waals surface area contributed by atoms with Gasteiger partial charge < -0.3 is 9.52 Å². The molecule has 0 amide bonds. The molecule has 0 saturated carbocycles. The third-order valence-electron chi connectivity index (χ3n) is 3.35. The standard InChI is InChI=1S/C16H12FN3O3/c17-12-3-1-11(2-4-12)9-13-5-6-14(23-13)16(22,7-8-21)15-18-10-19-20-15/h1-7,10,22H,9H2,(H,18,19,20). The van der Waals surface area contributed by atoms with Crippen molar-refractivity contribution in [3.8, 4) is 0 Å². The van der Waals surface area contributed by atoms with Gasteiger partial charge in [-0.1, -0.05) is 12.1 Å². The van der Waals surface area contributed by atoms with Gasteiger partial charge in [0.1, 0.15) is 29.6 Å². The average molecular weight is 313 g/mol. The lowest BCUT2D eigenvalue weighted by Crippen LogP contribution is -2.26. The maximum atomic E-state index is 12.9.